The van der Waals surface area contributed by atoms with Gasteiger partial charge >= 0.3 is 0 Å². The molecule has 0 bridgehead atoms. The first kappa shape index (κ1) is 26.4. The van der Waals surface area contributed by atoms with Crippen LogP contribution in [0.2, 0.25) is 0 Å². The third kappa shape index (κ3) is 7.93. The number of carbonyl (C=O) groups is 6. The number of hydrogen-bond acceptors (Lipinski definition) is 7. The number of benzene rings is 1. The largest absolute Gasteiger partial charge is 0.377 e. The Labute approximate surface area is 196 Å². The molecule has 1 heterocycles. The molecule has 0 saturated heterocycles. The monoisotopic (exact) mass is 472 g/mol. The second-order valence-corrected chi connectivity index (χ2v) is 7.75. The van der Waals surface area contributed by atoms with Gasteiger partial charge in [-0.1, -0.05) is 12.1 Å². The zero-order valence-electron chi connectivity index (χ0n) is 19.0. The van der Waals surface area contributed by atoms with Crippen LogP contribution in [0.25, 0.3) is 0 Å². The molecular formula is C23H28N4O7. The summed E-state index contributed by atoms with van der Waals surface area (Å²) in [6.07, 6.45) is 1.39. The number of rotatable bonds is 13. The van der Waals surface area contributed by atoms with Crippen molar-refractivity contribution in [2.45, 2.75) is 39.3 Å². The fourth-order valence-electron chi connectivity index (χ4n) is 3.17. The van der Waals surface area contributed by atoms with Crippen LogP contribution in [-0.2, 0) is 40.1 Å². The number of amides is 5. The van der Waals surface area contributed by atoms with E-state index in [0.717, 1.165) is 22.6 Å². The van der Waals surface area contributed by atoms with Crippen molar-refractivity contribution < 1.29 is 33.5 Å². The zero-order chi connectivity index (χ0) is 25.3. The Kier molecular flexibility index (Phi) is 9.62. The number of ketones is 1. The van der Waals surface area contributed by atoms with Gasteiger partial charge in [0.2, 0.25) is 17.7 Å². The molecule has 11 heteroatoms. The van der Waals surface area contributed by atoms with Crippen molar-refractivity contribution in [1.82, 2.24) is 10.2 Å². The van der Waals surface area contributed by atoms with E-state index < -0.39 is 53.8 Å². The molecule has 0 aromatic heterocycles. The highest BCUT2D eigenvalue weighted by Crippen LogP contribution is 2.16. The summed E-state index contributed by atoms with van der Waals surface area (Å²) in [7, 11) is 0. The van der Waals surface area contributed by atoms with Gasteiger partial charge in [0.05, 0.1) is 18.6 Å². The van der Waals surface area contributed by atoms with E-state index in [2.05, 4.69) is 10.6 Å². The van der Waals surface area contributed by atoms with E-state index in [0.29, 0.717) is 18.9 Å². The van der Waals surface area contributed by atoms with E-state index in [1.54, 1.807) is 24.3 Å². The normalized spacial score (nSPS) is 14.6. The van der Waals surface area contributed by atoms with E-state index in [-0.39, 0.29) is 12.8 Å². The fraction of sp³-hybridized carbons (Fsp3) is 0.391. The molecule has 1 aromatic rings. The van der Waals surface area contributed by atoms with Crippen molar-refractivity contribution >= 4 is 41.0 Å². The van der Waals surface area contributed by atoms with Crippen LogP contribution in [0.5, 0.6) is 0 Å². The van der Waals surface area contributed by atoms with Crippen LogP contribution in [0.4, 0.5) is 5.69 Å². The summed E-state index contributed by atoms with van der Waals surface area (Å²) in [5.41, 5.74) is 6.64. The summed E-state index contributed by atoms with van der Waals surface area (Å²) in [5, 5.41) is 5.05. The van der Waals surface area contributed by atoms with Crippen molar-refractivity contribution in [3.8, 4) is 0 Å². The van der Waals surface area contributed by atoms with Crippen LogP contribution in [-0.4, -0.2) is 59.4 Å². The van der Waals surface area contributed by atoms with Crippen molar-refractivity contribution in [1.29, 1.82) is 0 Å². The van der Waals surface area contributed by atoms with E-state index in [1.165, 1.54) is 6.92 Å². The Morgan fingerprint density at radius 1 is 1.03 bits per heavy atom. The lowest BCUT2D eigenvalue weighted by Gasteiger charge is -2.19. The van der Waals surface area contributed by atoms with Gasteiger partial charge in [-0.25, -0.2) is 0 Å². The quantitative estimate of drug-likeness (QED) is 0.341. The maximum Gasteiger partial charge on any atom is 0.254 e. The predicted octanol–water partition coefficient (Wildman–Crippen LogP) is 0.0421. The Morgan fingerprint density at radius 3 is 2.21 bits per heavy atom. The Hall–Kier alpha value is -3.86. The average molecular weight is 472 g/mol. The second kappa shape index (κ2) is 12.4. The molecule has 0 saturated carbocycles. The van der Waals surface area contributed by atoms with Gasteiger partial charge in [-0.05, 0) is 31.5 Å². The molecule has 0 fully saturated rings. The van der Waals surface area contributed by atoms with Crippen LogP contribution in [0.3, 0.4) is 0 Å². The lowest BCUT2D eigenvalue weighted by molar-refractivity contribution is -0.141. The number of carbonyl (C=O) groups excluding carboxylic acids is 6. The first-order valence-corrected chi connectivity index (χ1v) is 10.7. The third-order valence-corrected chi connectivity index (χ3v) is 5.02. The number of nitrogens with one attached hydrogen (secondary N) is 2. The first-order chi connectivity index (χ1) is 16.1. The molecule has 11 nitrogen and oxygen atoms in total. The van der Waals surface area contributed by atoms with E-state index in [4.69, 9.17) is 10.5 Å². The highest BCUT2D eigenvalue weighted by Gasteiger charge is 2.29. The molecule has 2 atom stereocenters. The zero-order valence-corrected chi connectivity index (χ0v) is 19.0. The van der Waals surface area contributed by atoms with Gasteiger partial charge in [-0.15, -0.1) is 0 Å². The molecule has 1 aromatic carbocycles. The number of primary amides is 1. The maximum absolute atomic E-state index is 12.7. The molecule has 1 aliphatic rings. The lowest BCUT2D eigenvalue weighted by atomic mass is 9.94. The van der Waals surface area contributed by atoms with Crippen molar-refractivity contribution in [3.63, 3.8) is 0 Å². The average Bonchev–Trinajstić information content (AvgIpc) is 3.09. The molecule has 0 radical (unpaired) electrons. The number of nitrogens with zero attached hydrogens (tertiary/aromatic N) is 1. The Balaban J connectivity index is 1.94. The molecular weight excluding hydrogens is 444 g/mol. The minimum atomic E-state index is -1.04. The molecule has 0 unspecified atom stereocenters. The highest BCUT2D eigenvalue weighted by molar-refractivity contribution is 6.14. The summed E-state index contributed by atoms with van der Waals surface area (Å²) in [6.45, 7) is 3.76. The van der Waals surface area contributed by atoms with Gasteiger partial charge in [-0.3, -0.25) is 33.7 Å². The van der Waals surface area contributed by atoms with Gasteiger partial charge < -0.3 is 21.1 Å². The molecule has 5 amide bonds. The molecule has 1 aliphatic heterocycles. The summed E-state index contributed by atoms with van der Waals surface area (Å²) in [6, 6.07) is 5.89. The minimum Gasteiger partial charge on any atom is -0.377 e. The summed E-state index contributed by atoms with van der Waals surface area (Å²) in [4.78, 5) is 72.8. The van der Waals surface area contributed by atoms with Crippen molar-refractivity contribution in [3.05, 3.63) is 42.0 Å². The lowest BCUT2D eigenvalue weighted by Crippen LogP contribution is -2.46. The van der Waals surface area contributed by atoms with Gasteiger partial charge in [-0.2, -0.15) is 0 Å². The van der Waals surface area contributed by atoms with Crippen LogP contribution in [0.1, 0.15) is 32.3 Å². The number of Topliss-reactive ketones (excluding diaryl/α,β-unsaturated/α-hetero) is 1. The predicted molar refractivity (Wildman–Crippen MR) is 121 cm³/mol. The third-order valence-electron chi connectivity index (χ3n) is 5.02. The van der Waals surface area contributed by atoms with Crippen LogP contribution in [0, 0.1) is 5.92 Å². The molecule has 2 rings (SSSR count). The number of anilines is 1. The van der Waals surface area contributed by atoms with Crippen LogP contribution < -0.4 is 16.4 Å². The summed E-state index contributed by atoms with van der Waals surface area (Å²) in [5.74, 6) is -4.84. The topological polar surface area (TPSA) is 165 Å². The molecule has 4 N–H and O–H groups in total. The van der Waals surface area contributed by atoms with Crippen molar-refractivity contribution in [2.24, 2.45) is 11.7 Å². The highest BCUT2D eigenvalue weighted by atomic mass is 16.5. The van der Waals surface area contributed by atoms with Gasteiger partial charge in [0.1, 0.15) is 6.54 Å². The number of nitrogens with two attached hydrogens (primary N) is 1. The van der Waals surface area contributed by atoms with Crippen LogP contribution >= 0.6 is 0 Å². The number of hydrogen-bond donors (Lipinski definition) is 3. The van der Waals surface area contributed by atoms with E-state index in [1.807, 2.05) is 6.92 Å². The van der Waals surface area contributed by atoms with Crippen molar-refractivity contribution in [2.75, 3.05) is 18.5 Å². The smallest absolute Gasteiger partial charge is 0.254 e. The molecule has 182 valence electrons. The second-order valence-electron chi connectivity index (χ2n) is 7.75. The Morgan fingerprint density at radius 2 is 1.65 bits per heavy atom. The van der Waals surface area contributed by atoms with Gasteiger partial charge in [0, 0.05) is 37.3 Å². The molecule has 34 heavy (non-hydrogen) atoms. The van der Waals surface area contributed by atoms with Crippen LogP contribution in [0.15, 0.2) is 36.4 Å². The number of imide groups is 1. The minimum absolute atomic E-state index is 0.345. The van der Waals surface area contributed by atoms with Gasteiger partial charge in [0.15, 0.2) is 5.78 Å². The van der Waals surface area contributed by atoms with Gasteiger partial charge in [0.25, 0.3) is 11.8 Å². The molecule has 0 spiro atoms. The number of ether oxygens (including phenoxy) is 1. The van der Waals surface area contributed by atoms with E-state index in [9.17, 15) is 28.8 Å². The Bertz CT molecular complexity index is 970. The standard InChI is InChI=1S/C23H28N4O7/c1-3-34-13-15-4-6-17(7-5-15)26-23(33)16(11-19(24)29)10-18(28)14(2)25-20(30)12-27-21(31)8-9-22(27)32/h4-9,14,16H,3,10-13H2,1-2H3,(H2,24,29)(H,25,30)(H,26,33)/t14-,16-/m0/s1. The summed E-state index contributed by atoms with van der Waals surface area (Å²) >= 11 is 0. The van der Waals surface area contributed by atoms with E-state index >= 15 is 0 Å². The fourth-order valence-corrected chi connectivity index (χ4v) is 3.17. The first-order valence-electron chi connectivity index (χ1n) is 10.7. The maximum atomic E-state index is 12.7. The summed E-state index contributed by atoms with van der Waals surface area (Å²) < 4.78 is 5.32. The SMILES string of the molecule is CCOCc1ccc(NC(=O)[C@H](CC(N)=O)CC(=O)[C@H](C)NC(=O)CN2C(=O)C=CC2=O)cc1. The molecule has 0 aliphatic carbocycles.